The van der Waals surface area contributed by atoms with Crippen molar-refractivity contribution in [1.29, 1.82) is 0 Å². The van der Waals surface area contributed by atoms with Crippen LogP contribution in [-0.4, -0.2) is 24.3 Å². The molecular formula is C22H20N2O2. The van der Waals surface area contributed by atoms with Gasteiger partial charge in [-0.15, -0.1) is 0 Å². The Balaban J connectivity index is 1.86. The van der Waals surface area contributed by atoms with Crippen molar-refractivity contribution in [2.45, 2.75) is 6.04 Å². The first-order valence-electron chi connectivity index (χ1n) is 8.94. The highest BCUT2D eigenvalue weighted by Gasteiger charge is 2.28. The molecule has 1 aliphatic rings. The molecule has 1 atom stereocenters. The van der Waals surface area contributed by atoms with Gasteiger partial charge in [0, 0.05) is 17.3 Å². The zero-order valence-corrected chi connectivity index (χ0v) is 14.4. The molecule has 130 valence electrons. The molecule has 0 bridgehead atoms. The summed E-state index contributed by atoms with van der Waals surface area (Å²) < 4.78 is 14.5. The molecule has 5 rings (SSSR count). The summed E-state index contributed by atoms with van der Waals surface area (Å²) in [6.45, 7) is 1.60. The maximum absolute atomic E-state index is 6.13. The van der Waals surface area contributed by atoms with Crippen molar-refractivity contribution in [2.75, 3.05) is 19.8 Å². The van der Waals surface area contributed by atoms with E-state index in [9.17, 15) is 0 Å². The summed E-state index contributed by atoms with van der Waals surface area (Å²) >= 11 is 0. The van der Waals surface area contributed by atoms with Gasteiger partial charge in [0.2, 0.25) is 0 Å². The Labute approximate surface area is 151 Å². The van der Waals surface area contributed by atoms with Crippen LogP contribution in [0.2, 0.25) is 0 Å². The summed E-state index contributed by atoms with van der Waals surface area (Å²) in [5.41, 5.74) is 9.14. The topological polar surface area (TPSA) is 49.4 Å². The van der Waals surface area contributed by atoms with Crippen molar-refractivity contribution >= 4 is 21.8 Å². The number of benzene rings is 3. The van der Waals surface area contributed by atoms with Gasteiger partial charge < -0.3 is 19.8 Å². The predicted octanol–water partition coefficient (Wildman–Crippen LogP) is 4.11. The first-order valence-corrected chi connectivity index (χ1v) is 8.94. The van der Waals surface area contributed by atoms with Gasteiger partial charge in [-0.25, -0.2) is 0 Å². The van der Waals surface area contributed by atoms with Gasteiger partial charge in [-0.2, -0.15) is 0 Å². The van der Waals surface area contributed by atoms with Crippen LogP contribution in [0.5, 0.6) is 11.5 Å². The maximum atomic E-state index is 6.13. The Hall–Kier alpha value is -2.98. The Bertz CT molecular complexity index is 1090. The van der Waals surface area contributed by atoms with Crippen LogP contribution >= 0.6 is 0 Å². The van der Waals surface area contributed by atoms with Crippen LogP contribution in [-0.2, 0) is 0 Å². The molecule has 0 saturated carbocycles. The van der Waals surface area contributed by atoms with E-state index in [1.54, 1.807) is 0 Å². The third-order valence-corrected chi connectivity index (χ3v) is 5.04. The Morgan fingerprint density at radius 3 is 2.50 bits per heavy atom. The number of fused-ring (bicyclic) bond motifs is 3. The van der Waals surface area contributed by atoms with Crippen molar-refractivity contribution in [3.05, 3.63) is 72.3 Å². The number of hydrogen-bond acceptors (Lipinski definition) is 3. The molecule has 3 aromatic carbocycles. The first-order chi connectivity index (χ1) is 12.9. The van der Waals surface area contributed by atoms with Crippen LogP contribution in [0.15, 0.2) is 66.7 Å². The second-order valence-electron chi connectivity index (χ2n) is 6.55. The highest BCUT2D eigenvalue weighted by atomic mass is 16.5. The highest BCUT2D eigenvalue weighted by Crippen LogP contribution is 2.44. The molecule has 4 heteroatoms. The highest BCUT2D eigenvalue weighted by molar-refractivity contribution is 6.12. The van der Waals surface area contributed by atoms with E-state index in [0.717, 1.165) is 22.5 Å². The molecule has 0 aliphatic carbocycles. The normalized spacial score (nSPS) is 16.0. The standard InChI is InChI=1S/C22H20N2O2/c23-12-13-25-19-10-4-8-16-17-9-5-11-20-22(17)24(21(16)19)18(14-26-20)15-6-2-1-3-7-15/h1-11,18H,12-14,23H2. The minimum Gasteiger partial charge on any atom is -0.490 e. The van der Waals surface area contributed by atoms with Gasteiger partial charge in [0.05, 0.1) is 17.1 Å². The fraction of sp³-hybridized carbons (Fsp3) is 0.182. The summed E-state index contributed by atoms with van der Waals surface area (Å²) in [6, 6.07) is 23.1. The number of para-hydroxylation sites is 2. The molecular weight excluding hydrogens is 324 g/mol. The van der Waals surface area contributed by atoms with Crippen LogP contribution in [0.3, 0.4) is 0 Å². The van der Waals surface area contributed by atoms with E-state index in [0.29, 0.717) is 19.8 Å². The van der Waals surface area contributed by atoms with Crippen molar-refractivity contribution in [3.8, 4) is 11.5 Å². The van der Waals surface area contributed by atoms with Crippen LogP contribution in [0.25, 0.3) is 21.8 Å². The fourth-order valence-corrected chi connectivity index (χ4v) is 3.97. The minimum atomic E-state index is 0.105. The molecule has 2 heterocycles. The van der Waals surface area contributed by atoms with Gasteiger partial charge >= 0.3 is 0 Å². The number of ether oxygens (including phenoxy) is 2. The van der Waals surface area contributed by atoms with E-state index in [1.165, 1.54) is 16.3 Å². The summed E-state index contributed by atoms with van der Waals surface area (Å²) in [4.78, 5) is 0. The van der Waals surface area contributed by atoms with Gasteiger partial charge in [0.1, 0.15) is 24.7 Å². The van der Waals surface area contributed by atoms with E-state index in [4.69, 9.17) is 15.2 Å². The van der Waals surface area contributed by atoms with Crippen LogP contribution in [0, 0.1) is 0 Å². The predicted molar refractivity (Wildman–Crippen MR) is 104 cm³/mol. The van der Waals surface area contributed by atoms with Crippen LogP contribution in [0.4, 0.5) is 0 Å². The molecule has 1 unspecified atom stereocenters. The van der Waals surface area contributed by atoms with E-state index in [-0.39, 0.29) is 6.04 Å². The van der Waals surface area contributed by atoms with Gasteiger partial charge in [-0.3, -0.25) is 0 Å². The molecule has 4 nitrogen and oxygen atoms in total. The van der Waals surface area contributed by atoms with E-state index < -0.39 is 0 Å². The summed E-state index contributed by atoms with van der Waals surface area (Å²) in [6.07, 6.45) is 0. The quantitative estimate of drug-likeness (QED) is 0.606. The Kier molecular flexibility index (Phi) is 3.57. The average molecular weight is 344 g/mol. The van der Waals surface area contributed by atoms with Gasteiger partial charge in [-0.1, -0.05) is 54.6 Å². The average Bonchev–Trinajstić information content (AvgIpc) is 3.05. The summed E-state index contributed by atoms with van der Waals surface area (Å²) in [5.74, 6) is 1.80. The molecule has 26 heavy (non-hydrogen) atoms. The second kappa shape index (κ2) is 6.07. The lowest BCUT2D eigenvalue weighted by molar-refractivity contribution is 0.261. The molecule has 4 aromatic rings. The second-order valence-corrected chi connectivity index (χ2v) is 6.55. The molecule has 1 aromatic heterocycles. The van der Waals surface area contributed by atoms with Gasteiger partial charge in [0.15, 0.2) is 0 Å². The van der Waals surface area contributed by atoms with Crippen molar-refractivity contribution in [3.63, 3.8) is 0 Å². The number of nitrogens with two attached hydrogens (primary N) is 1. The molecule has 2 N–H and O–H groups in total. The van der Waals surface area contributed by atoms with E-state index in [1.807, 2.05) is 24.3 Å². The molecule has 1 aliphatic heterocycles. The summed E-state index contributed by atoms with van der Waals surface area (Å²) in [5, 5.41) is 2.37. The maximum Gasteiger partial charge on any atom is 0.143 e. The third-order valence-electron chi connectivity index (χ3n) is 5.04. The van der Waals surface area contributed by atoms with Gasteiger partial charge in [0.25, 0.3) is 0 Å². The lowest BCUT2D eigenvalue weighted by Gasteiger charge is -2.28. The lowest BCUT2D eigenvalue weighted by Crippen LogP contribution is -2.23. The van der Waals surface area contributed by atoms with Gasteiger partial charge in [-0.05, 0) is 17.7 Å². The molecule has 0 fully saturated rings. The fourth-order valence-electron chi connectivity index (χ4n) is 3.97. The molecule has 0 spiro atoms. The van der Waals surface area contributed by atoms with Crippen molar-refractivity contribution < 1.29 is 9.47 Å². The van der Waals surface area contributed by atoms with Crippen molar-refractivity contribution in [2.24, 2.45) is 5.73 Å². The van der Waals surface area contributed by atoms with Crippen LogP contribution in [0.1, 0.15) is 11.6 Å². The number of hydrogen-bond donors (Lipinski definition) is 1. The smallest absolute Gasteiger partial charge is 0.143 e. The SMILES string of the molecule is NCCOc1cccc2c3cccc4c3n(c12)C(c1ccccc1)CO4. The third kappa shape index (κ3) is 2.19. The zero-order chi connectivity index (χ0) is 17.5. The molecule has 0 radical (unpaired) electrons. The Morgan fingerprint density at radius 1 is 0.923 bits per heavy atom. The first kappa shape index (κ1) is 15.3. The number of aromatic nitrogens is 1. The lowest BCUT2D eigenvalue weighted by atomic mass is 10.1. The minimum absolute atomic E-state index is 0.105. The Morgan fingerprint density at radius 2 is 1.69 bits per heavy atom. The van der Waals surface area contributed by atoms with E-state index >= 15 is 0 Å². The number of nitrogens with zero attached hydrogens (tertiary/aromatic N) is 1. The monoisotopic (exact) mass is 344 g/mol. The largest absolute Gasteiger partial charge is 0.490 e. The van der Waals surface area contributed by atoms with E-state index in [2.05, 4.69) is 47.0 Å². The zero-order valence-electron chi connectivity index (χ0n) is 14.4. The number of rotatable bonds is 4. The summed E-state index contributed by atoms with van der Waals surface area (Å²) in [7, 11) is 0. The van der Waals surface area contributed by atoms with Crippen LogP contribution < -0.4 is 15.2 Å². The molecule has 0 amide bonds. The van der Waals surface area contributed by atoms with Crippen molar-refractivity contribution in [1.82, 2.24) is 4.57 Å². The molecule has 0 saturated heterocycles.